The molecule has 0 aliphatic carbocycles. The average molecular weight is 999 g/mol. The molecule has 0 bridgehead atoms. The molecule has 0 spiro atoms. The van der Waals surface area contributed by atoms with Gasteiger partial charge in [0.05, 0.1) is 21.2 Å². The number of benzene rings is 6. The second kappa shape index (κ2) is 21.9. The summed E-state index contributed by atoms with van der Waals surface area (Å²) in [6.07, 6.45) is 0. The first-order valence-corrected chi connectivity index (χ1v) is 22.0. The Morgan fingerprint density at radius 3 is 1.09 bits per heavy atom. The smallest absolute Gasteiger partial charge is 1.00 e. The first kappa shape index (κ1) is 57.4. The van der Waals surface area contributed by atoms with Crippen molar-refractivity contribution >= 4 is 103 Å². The molecule has 10 N–H and O–H groups in total. The molecule has 0 atom stereocenters. The van der Waals surface area contributed by atoms with Crippen LogP contribution in [0.2, 0.25) is 0 Å². The minimum absolute atomic E-state index is 0. The van der Waals surface area contributed by atoms with E-state index in [0.29, 0.717) is 12.1 Å². The largest absolute Gasteiger partial charge is 1.00 e. The van der Waals surface area contributed by atoms with Gasteiger partial charge in [0.2, 0.25) is 0 Å². The fraction of sp³-hybridized carbons (Fsp3) is 0. The van der Waals surface area contributed by atoms with Crippen LogP contribution in [0.25, 0.3) is 21.5 Å². The van der Waals surface area contributed by atoms with Crippen molar-refractivity contribution in [1.29, 1.82) is 0 Å². The molecule has 0 unspecified atom stereocenters. The number of anilines is 4. The van der Waals surface area contributed by atoms with E-state index in [1.807, 2.05) is 0 Å². The number of fused-ring (bicyclic) bond motifs is 2. The second-order valence-electron chi connectivity index (χ2n) is 12.6. The Morgan fingerprint density at radius 2 is 0.781 bits per heavy atom. The summed E-state index contributed by atoms with van der Waals surface area (Å²) in [5, 5.41) is 29.4. The van der Waals surface area contributed by atoms with Crippen molar-refractivity contribution < 1.29 is 200 Å². The van der Waals surface area contributed by atoms with Crippen LogP contribution in [0.5, 0.6) is 11.5 Å². The van der Waals surface area contributed by atoms with Crippen molar-refractivity contribution in [3.05, 3.63) is 108 Å². The van der Waals surface area contributed by atoms with Crippen LogP contribution in [0.3, 0.4) is 0 Å². The molecule has 0 saturated heterocycles. The summed E-state index contributed by atoms with van der Waals surface area (Å²) >= 11 is 0. The van der Waals surface area contributed by atoms with Crippen molar-refractivity contribution in [2.45, 2.75) is 19.6 Å². The number of rotatable bonds is 10. The summed E-state index contributed by atoms with van der Waals surface area (Å²) < 4.78 is 134. The van der Waals surface area contributed by atoms with Crippen molar-refractivity contribution in [2.75, 3.05) is 21.3 Å². The van der Waals surface area contributed by atoms with Crippen LogP contribution in [0, 0.1) is 0 Å². The molecule has 0 fully saturated rings. The van der Waals surface area contributed by atoms with E-state index in [4.69, 9.17) is 0 Å². The number of amides is 4. The van der Waals surface area contributed by atoms with Crippen molar-refractivity contribution in [1.82, 2.24) is 0 Å². The molecule has 64 heavy (non-hydrogen) atoms. The summed E-state index contributed by atoms with van der Waals surface area (Å²) in [7, 11) is -19.8. The van der Waals surface area contributed by atoms with Gasteiger partial charge in [-0.1, -0.05) is 12.1 Å². The number of carbonyl (C=O) groups is 3. The summed E-state index contributed by atoms with van der Waals surface area (Å²) in [4.78, 5) is 36.1. The zero-order chi connectivity index (χ0) is 44.1. The summed E-state index contributed by atoms with van der Waals surface area (Å²) in [5.41, 5.74) is -1.37. The summed E-state index contributed by atoms with van der Waals surface area (Å²) in [6.45, 7) is 0. The summed E-state index contributed by atoms with van der Waals surface area (Å²) in [5.74, 6) is -3.39. The van der Waals surface area contributed by atoms with E-state index in [-0.39, 0.29) is 168 Å². The number of phenols is 2. The minimum Gasteiger partial charge on any atom is -1.00 e. The van der Waals surface area contributed by atoms with E-state index >= 15 is 0 Å². The first-order valence-electron chi connectivity index (χ1n) is 16.2. The maximum atomic E-state index is 13.2. The van der Waals surface area contributed by atoms with Gasteiger partial charge in [-0.25, -0.2) is 4.79 Å². The molecule has 0 aromatic heterocycles. The number of phenolic OH excluding ortho intramolecular Hbond substituents is 2. The van der Waals surface area contributed by atoms with Gasteiger partial charge in [0.25, 0.3) is 52.3 Å². The van der Waals surface area contributed by atoms with Gasteiger partial charge in [-0.05, 0) is 83.6 Å². The van der Waals surface area contributed by atoms with E-state index in [9.17, 15) is 76.5 Å². The number of hydrogen-bond acceptors (Lipinski definition) is 13. The number of aromatic hydroxyl groups is 2. The normalized spacial score (nSPS) is 11.4. The van der Waals surface area contributed by atoms with Crippen LogP contribution >= 0.6 is 0 Å². The van der Waals surface area contributed by atoms with E-state index in [1.165, 1.54) is 48.5 Å². The molecule has 320 valence electrons. The molecule has 0 aliphatic heterocycles. The quantitative estimate of drug-likeness (QED) is 0.0450. The van der Waals surface area contributed by atoms with Gasteiger partial charge < -0.3 is 37.2 Å². The summed E-state index contributed by atoms with van der Waals surface area (Å²) in [6, 6.07) is 15.8. The Hall–Kier alpha value is -2.71. The van der Waals surface area contributed by atoms with Crippen molar-refractivity contribution in [2.24, 2.45) is 0 Å². The number of nitrogens with one attached hydrogen (secondary N) is 4. The molecule has 21 nitrogen and oxygen atoms in total. The van der Waals surface area contributed by atoms with E-state index < -0.39 is 101 Å². The molecule has 6 aromatic rings. The molecular weight excluding hydrogens is 969 g/mol. The molecular formula is C35H30N4Na4O17S4. The number of carbonyl (C=O) groups excluding carboxylic acids is 3. The third-order valence-electron chi connectivity index (χ3n) is 8.42. The van der Waals surface area contributed by atoms with E-state index in [1.54, 1.807) is 0 Å². The molecule has 0 saturated carbocycles. The van der Waals surface area contributed by atoms with Crippen LogP contribution in [0.4, 0.5) is 27.5 Å². The molecule has 29 heteroatoms. The Kier molecular flexibility index (Phi) is 19.7. The van der Waals surface area contributed by atoms with Crippen molar-refractivity contribution in [3.8, 4) is 11.5 Å². The molecule has 0 aliphatic rings. The predicted octanol–water partition coefficient (Wildman–Crippen LogP) is -6.99. The van der Waals surface area contributed by atoms with Crippen molar-refractivity contribution in [3.63, 3.8) is 0 Å². The minimum atomic E-state index is -5.08. The van der Waals surface area contributed by atoms with Gasteiger partial charge in [0.1, 0.15) is 21.3 Å². The number of hydrogen-bond donors (Lipinski definition) is 10. The first-order chi connectivity index (χ1) is 27.8. The molecule has 6 rings (SSSR count). The third kappa shape index (κ3) is 13.7. The van der Waals surface area contributed by atoms with Gasteiger partial charge in [0.15, 0.2) is 0 Å². The molecule has 6 aromatic carbocycles. The second-order valence-corrected chi connectivity index (χ2v) is 18.2. The van der Waals surface area contributed by atoms with Crippen LogP contribution in [-0.4, -0.2) is 79.9 Å². The SMILES string of the molecule is O=C(Nc1cccc(C(=O)Nc2cc3c(O)cc(S(=O)(=O)O)cc3cc2S(=O)(=O)O)c1)Nc1cccc(C(=O)Nc2cc3c(O)cc(S(=O)(=O)O)cc3cc2S(=O)(=O)O)c1.[H-].[H-].[H-].[H-].[Na+].[Na+].[Na+].[Na+]. The monoisotopic (exact) mass is 998 g/mol. The van der Waals surface area contributed by atoms with E-state index in [0.717, 1.165) is 36.4 Å². The van der Waals surface area contributed by atoms with Gasteiger partial charge in [-0.15, -0.1) is 0 Å². The fourth-order valence-corrected chi connectivity index (χ4v) is 8.17. The van der Waals surface area contributed by atoms with Gasteiger partial charge in [0, 0.05) is 45.4 Å². The van der Waals surface area contributed by atoms with E-state index in [2.05, 4.69) is 21.3 Å². The Labute approximate surface area is 457 Å². The number of urea groups is 1. The Balaban J connectivity index is -0.00000528. The van der Waals surface area contributed by atoms with Gasteiger partial charge in [-0.3, -0.25) is 27.8 Å². The Morgan fingerprint density at radius 1 is 0.438 bits per heavy atom. The maximum Gasteiger partial charge on any atom is 1.00 e. The zero-order valence-corrected chi connectivity index (χ0v) is 44.8. The molecule has 0 radical (unpaired) electrons. The van der Waals surface area contributed by atoms with Crippen LogP contribution < -0.4 is 139 Å². The zero-order valence-electron chi connectivity index (χ0n) is 37.5. The van der Waals surface area contributed by atoms with Crippen LogP contribution in [0.1, 0.15) is 26.4 Å². The fourth-order valence-electron chi connectivity index (χ4n) is 5.77. The van der Waals surface area contributed by atoms with Crippen LogP contribution in [-0.2, 0) is 40.5 Å². The topological polar surface area (TPSA) is 357 Å². The van der Waals surface area contributed by atoms with Crippen LogP contribution in [0.15, 0.2) is 117 Å². The third-order valence-corrected chi connectivity index (χ3v) is 11.9. The average Bonchev–Trinajstić information content (AvgIpc) is 3.13. The standard InChI is InChI=1S/C35H26N4O17S4.4Na.4H/c40-29-13-23(57(45,46)47)9-19-11-31(59(51,52)53)27(15-25(19)29)38-33(42)17-3-1-5-21(7-17)36-35(44)37-22-6-2-4-18(8-22)34(43)39-28-16-26-20(12-32(28)60(54,55)56)10-24(14-30(26)41)58(48,49)50;;;;;;;;/h1-16,40-41H,(H,38,42)(H,39,43)(H2,36,37,44)(H,45,46,47)(H,48,49,50)(H,51,52,53)(H,54,55,56);;;;;;;;/q;4*+1;4*-1. The molecule has 4 amide bonds. The molecule has 0 heterocycles. The Bertz CT molecular complexity index is 3130. The van der Waals surface area contributed by atoms with Gasteiger partial charge in [-0.2, -0.15) is 33.7 Å². The predicted molar refractivity (Wildman–Crippen MR) is 216 cm³/mol. The maximum absolute atomic E-state index is 13.2. The van der Waals surface area contributed by atoms with Gasteiger partial charge >= 0.3 is 124 Å².